The molecule has 2 heterocycles. The molecule has 0 N–H and O–H groups in total. The molecule has 2 nitrogen and oxygen atoms in total. The van der Waals surface area contributed by atoms with Crippen LogP contribution in [-0.4, -0.2) is 24.5 Å². The summed E-state index contributed by atoms with van der Waals surface area (Å²) < 4.78 is 1.99. The number of aliphatic imine (C=N–C) groups is 2. The molecule has 0 bridgehead atoms. The fourth-order valence-corrected chi connectivity index (χ4v) is 6.70. The summed E-state index contributed by atoms with van der Waals surface area (Å²) in [4.78, 5) is 12.1. The van der Waals surface area contributed by atoms with Crippen LogP contribution < -0.4 is 0 Å². The van der Waals surface area contributed by atoms with Crippen molar-refractivity contribution in [2.75, 3.05) is 0 Å². The fraction of sp³-hybridized carbons (Fsp3) is 0.615. The molecule has 0 aliphatic heterocycles. The minimum Gasteiger partial charge on any atom is -0.427 e. The Labute approximate surface area is 229 Å². The van der Waals surface area contributed by atoms with Gasteiger partial charge in [0, 0.05) is 24.5 Å². The van der Waals surface area contributed by atoms with Gasteiger partial charge >= 0.3 is 16.5 Å². The van der Waals surface area contributed by atoms with E-state index in [0.29, 0.717) is 12.1 Å². The Hall–Kier alpha value is -0.326. The molecule has 2 saturated carbocycles. The van der Waals surface area contributed by atoms with E-state index in [9.17, 15) is 0 Å². The van der Waals surface area contributed by atoms with Crippen molar-refractivity contribution in [3.63, 3.8) is 0 Å². The zero-order valence-corrected chi connectivity index (χ0v) is 24.0. The summed E-state index contributed by atoms with van der Waals surface area (Å²) in [7, 11) is 0. The normalized spacial score (nSPS) is 17.8. The third-order valence-corrected chi connectivity index (χ3v) is 9.40. The second-order valence-corrected chi connectivity index (χ2v) is 12.4. The van der Waals surface area contributed by atoms with Crippen LogP contribution in [0.3, 0.4) is 0 Å². The Morgan fingerprint density at radius 3 is 1.39 bits per heavy atom. The smallest absolute Gasteiger partial charge is 0.427 e. The van der Waals surface area contributed by atoms with E-state index in [0.717, 1.165) is 32.4 Å². The van der Waals surface area contributed by atoms with E-state index in [1.165, 1.54) is 74.0 Å². The minimum atomic E-state index is 0. The molecule has 0 aromatic carbocycles. The minimum absolute atomic E-state index is 0. The molecule has 184 valence electrons. The molecule has 0 amide bonds. The van der Waals surface area contributed by atoms with E-state index in [1.807, 2.05) is 12.4 Å². The Bertz CT molecular complexity index is 803. The maximum atomic E-state index is 5.33. The fourth-order valence-electron chi connectivity index (χ4n) is 4.24. The molecule has 2 aliphatic carbocycles. The molecular weight excluding hydrogens is 527 g/mol. The molecule has 33 heavy (non-hydrogen) atoms. The number of rotatable bonds is 6. The van der Waals surface area contributed by atoms with Crippen LogP contribution in [0.5, 0.6) is 0 Å². The number of nitrogens with zero attached hydrogens (tertiary/aromatic N) is 2. The molecule has 0 unspecified atom stereocenters. The zero-order valence-electron chi connectivity index (χ0n) is 19.8. The summed E-state index contributed by atoms with van der Waals surface area (Å²) >= 11 is 14.1. The van der Waals surface area contributed by atoms with Crippen molar-refractivity contribution < 1.29 is 16.5 Å². The van der Waals surface area contributed by atoms with Crippen LogP contribution in [-0.2, 0) is 54.6 Å². The number of aryl methyl sites for hydroxylation is 2. The Morgan fingerprint density at radius 1 is 0.727 bits per heavy atom. The average Bonchev–Trinajstić information content (AvgIpc) is 3.39. The van der Waals surface area contributed by atoms with Crippen LogP contribution in [0.2, 0.25) is 0 Å². The van der Waals surface area contributed by atoms with Crippen LogP contribution >= 0.6 is 22.7 Å². The van der Waals surface area contributed by atoms with Gasteiger partial charge in [-0.25, -0.2) is 0 Å². The van der Waals surface area contributed by atoms with Crippen molar-refractivity contribution in [3.8, 4) is 0 Å². The van der Waals surface area contributed by atoms with E-state index in [-0.39, 0.29) is 16.5 Å². The molecule has 2 aromatic rings. The van der Waals surface area contributed by atoms with Crippen molar-refractivity contribution >= 4 is 60.4 Å². The first kappa shape index (κ1) is 28.9. The Kier molecular flexibility index (Phi) is 13.7. The maximum absolute atomic E-state index is 5.33. The second-order valence-electron chi connectivity index (χ2n) is 8.76. The van der Waals surface area contributed by atoms with Gasteiger partial charge in [0.15, 0.2) is 0 Å². The predicted octanol–water partition coefficient (Wildman–Crippen LogP) is 7.93. The van der Waals surface area contributed by atoms with Crippen LogP contribution in [0.1, 0.15) is 98.9 Å². The Balaban J connectivity index is 0.000000227. The predicted molar refractivity (Wildman–Crippen MR) is 148 cm³/mol. The third kappa shape index (κ3) is 9.68. The van der Waals surface area contributed by atoms with Gasteiger partial charge in [-0.2, -0.15) is 0 Å². The first-order chi connectivity index (χ1) is 15.6. The van der Waals surface area contributed by atoms with Crippen LogP contribution in [0.4, 0.5) is 0 Å². The third-order valence-electron chi connectivity index (χ3n) is 6.25. The van der Waals surface area contributed by atoms with Gasteiger partial charge < -0.3 is 47.9 Å². The summed E-state index contributed by atoms with van der Waals surface area (Å²) in [6, 6.07) is 5.49. The maximum Gasteiger partial charge on any atom is 2.00 e. The molecule has 0 saturated heterocycles. The van der Waals surface area contributed by atoms with Gasteiger partial charge in [0.05, 0.1) is 0 Å². The SMILES string of the molecule is CCc1cc(C=NC2CCCCC2)c([S-])s1.CCc1cc(C=NC2CCCCC2)c([S-])s1.[Ni+2]. The van der Waals surface area contributed by atoms with Crippen LogP contribution in [0, 0.1) is 0 Å². The number of hydrogen-bond donors (Lipinski definition) is 0. The van der Waals surface area contributed by atoms with Crippen molar-refractivity contribution in [3.05, 3.63) is 33.0 Å². The molecular formula is C26H36N2NiS4. The monoisotopic (exact) mass is 562 g/mol. The van der Waals surface area contributed by atoms with E-state index in [1.54, 1.807) is 22.7 Å². The summed E-state index contributed by atoms with van der Waals surface area (Å²) in [5, 5.41) is 0. The first-order valence-electron chi connectivity index (χ1n) is 12.2. The molecule has 2 fully saturated rings. The van der Waals surface area contributed by atoms with E-state index in [2.05, 4.69) is 36.0 Å². The molecule has 0 atom stereocenters. The summed E-state index contributed by atoms with van der Waals surface area (Å²) in [6.07, 6.45) is 19.3. The summed E-state index contributed by atoms with van der Waals surface area (Å²) in [5.41, 5.74) is 2.31. The van der Waals surface area contributed by atoms with Crippen LogP contribution in [0.15, 0.2) is 30.5 Å². The standard InChI is InChI=1S/2C13H19NS2.Ni/c2*1-2-12-8-10(13(15)16-12)9-14-11-6-4-3-5-7-11;/h2*8-9,11,15H,2-7H2,1H3;/q;;+2/p-2. The van der Waals surface area contributed by atoms with Gasteiger partial charge in [0.25, 0.3) is 0 Å². The van der Waals surface area contributed by atoms with Gasteiger partial charge in [-0.3, -0.25) is 9.98 Å². The first-order valence-corrected chi connectivity index (χ1v) is 14.7. The molecule has 0 radical (unpaired) electrons. The average molecular weight is 564 g/mol. The zero-order chi connectivity index (χ0) is 22.8. The summed E-state index contributed by atoms with van der Waals surface area (Å²) in [5.74, 6) is 0. The second kappa shape index (κ2) is 15.6. The van der Waals surface area contributed by atoms with E-state index < -0.39 is 0 Å². The van der Waals surface area contributed by atoms with Crippen molar-refractivity contribution in [2.45, 2.75) is 111 Å². The summed E-state index contributed by atoms with van der Waals surface area (Å²) in [6.45, 7) is 4.34. The van der Waals surface area contributed by atoms with E-state index >= 15 is 0 Å². The van der Waals surface area contributed by atoms with Crippen LogP contribution in [0.25, 0.3) is 0 Å². The Morgan fingerprint density at radius 2 is 1.09 bits per heavy atom. The van der Waals surface area contributed by atoms with Gasteiger partial charge in [-0.15, -0.1) is 8.42 Å². The largest absolute Gasteiger partial charge is 2.00 e. The number of thiophene rings is 2. The van der Waals surface area contributed by atoms with Gasteiger partial charge in [0.2, 0.25) is 0 Å². The van der Waals surface area contributed by atoms with Gasteiger partial charge in [0.1, 0.15) is 0 Å². The molecule has 2 aromatic heterocycles. The molecule has 2 aliphatic rings. The number of hydrogen-bond acceptors (Lipinski definition) is 6. The van der Waals surface area contributed by atoms with Crippen molar-refractivity contribution in [2.24, 2.45) is 9.98 Å². The molecule has 4 rings (SSSR count). The topological polar surface area (TPSA) is 24.7 Å². The quantitative estimate of drug-likeness (QED) is 0.203. The van der Waals surface area contributed by atoms with Crippen molar-refractivity contribution in [1.29, 1.82) is 0 Å². The van der Waals surface area contributed by atoms with Crippen molar-refractivity contribution in [1.82, 2.24) is 0 Å². The molecule has 7 heteroatoms. The van der Waals surface area contributed by atoms with Gasteiger partial charge in [-0.05, 0) is 49.7 Å². The molecule has 0 spiro atoms. The van der Waals surface area contributed by atoms with E-state index in [4.69, 9.17) is 25.3 Å². The van der Waals surface area contributed by atoms with Gasteiger partial charge in [-0.1, -0.05) is 74.3 Å².